The molecule has 17 heavy (non-hydrogen) atoms. The fraction of sp³-hybridized carbons (Fsp3) is 0.357. The molecule has 0 aromatic heterocycles. The summed E-state index contributed by atoms with van der Waals surface area (Å²) in [5.41, 5.74) is 1.81. The Morgan fingerprint density at radius 2 is 2.00 bits per heavy atom. The van der Waals surface area contributed by atoms with Crippen LogP contribution in [0.4, 0.5) is 4.39 Å². The minimum atomic E-state index is -0.287. The van der Waals surface area contributed by atoms with Crippen molar-refractivity contribution in [2.75, 3.05) is 0 Å². The van der Waals surface area contributed by atoms with E-state index in [1.807, 2.05) is 0 Å². The van der Waals surface area contributed by atoms with E-state index >= 15 is 0 Å². The summed E-state index contributed by atoms with van der Waals surface area (Å²) in [5, 5.41) is 0.559. The van der Waals surface area contributed by atoms with E-state index in [-0.39, 0.29) is 11.6 Å². The minimum absolute atomic E-state index is 0.171. The van der Waals surface area contributed by atoms with Gasteiger partial charge in [0.2, 0.25) is 0 Å². The van der Waals surface area contributed by atoms with Crippen LogP contribution in [0.15, 0.2) is 29.8 Å². The molecule has 3 heteroatoms. The predicted molar refractivity (Wildman–Crippen MR) is 66.7 cm³/mol. The van der Waals surface area contributed by atoms with Gasteiger partial charge in [-0.1, -0.05) is 17.2 Å². The maximum Gasteiger partial charge on any atom is 0.155 e. The highest BCUT2D eigenvalue weighted by molar-refractivity contribution is 6.31. The number of carbonyl (C=O) groups excluding carboxylic acids is 1. The molecule has 2 rings (SSSR count). The second-order valence-corrected chi connectivity index (χ2v) is 4.80. The van der Waals surface area contributed by atoms with E-state index in [4.69, 9.17) is 11.6 Å². The number of allylic oxidation sites excluding steroid dienone is 2. The van der Waals surface area contributed by atoms with Crippen LogP contribution in [0.1, 0.15) is 31.2 Å². The molecule has 0 aliphatic heterocycles. The summed E-state index contributed by atoms with van der Waals surface area (Å²) in [6.07, 6.45) is 5.76. The van der Waals surface area contributed by atoms with E-state index in [0.717, 1.165) is 30.4 Å². The Labute approximate surface area is 105 Å². The third kappa shape index (κ3) is 3.40. The summed E-state index contributed by atoms with van der Waals surface area (Å²) >= 11 is 6.01. The number of rotatable bonds is 2. The number of halogens is 2. The van der Waals surface area contributed by atoms with Crippen molar-refractivity contribution in [1.29, 1.82) is 0 Å². The molecule has 90 valence electrons. The molecule has 1 aliphatic rings. The van der Waals surface area contributed by atoms with Gasteiger partial charge in [-0.05, 0) is 55.5 Å². The smallest absolute Gasteiger partial charge is 0.155 e. The number of benzene rings is 1. The molecular formula is C14H14ClFO. The first kappa shape index (κ1) is 12.3. The predicted octanol–water partition coefficient (Wildman–Crippen LogP) is 4.09. The second-order valence-electron chi connectivity index (χ2n) is 4.39. The van der Waals surface area contributed by atoms with Crippen molar-refractivity contribution in [3.8, 4) is 0 Å². The Bertz CT molecular complexity index is 465. The lowest BCUT2D eigenvalue weighted by atomic mass is 10.0. The molecule has 0 radical (unpaired) electrons. The lowest BCUT2D eigenvalue weighted by molar-refractivity contribution is -0.114. The third-order valence-corrected chi connectivity index (χ3v) is 3.33. The maximum absolute atomic E-state index is 13.1. The molecule has 0 unspecified atom stereocenters. The molecule has 0 saturated heterocycles. The van der Waals surface area contributed by atoms with Gasteiger partial charge in [0.05, 0.1) is 0 Å². The van der Waals surface area contributed by atoms with Gasteiger partial charge in [0.25, 0.3) is 0 Å². The van der Waals surface area contributed by atoms with Gasteiger partial charge in [-0.25, -0.2) is 4.39 Å². The van der Waals surface area contributed by atoms with Crippen LogP contribution in [0, 0.1) is 5.82 Å². The standard InChI is InChI=1S/C14H14ClFO/c15-14-6-5-12(16)9-11(14)7-10-3-1-2-4-13(17)8-10/h5-6,8-9H,1-4,7H2. The Balaban J connectivity index is 2.19. The van der Waals surface area contributed by atoms with Crippen LogP contribution < -0.4 is 0 Å². The van der Waals surface area contributed by atoms with Gasteiger partial charge < -0.3 is 0 Å². The van der Waals surface area contributed by atoms with Gasteiger partial charge in [0, 0.05) is 11.4 Å². The molecule has 0 bridgehead atoms. The molecule has 0 saturated carbocycles. The average Bonchev–Trinajstić information content (AvgIpc) is 2.48. The Morgan fingerprint density at radius 1 is 1.24 bits per heavy atom. The van der Waals surface area contributed by atoms with Crippen LogP contribution in [0.25, 0.3) is 0 Å². The maximum atomic E-state index is 13.1. The fourth-order valence-corrected chi connectivity index (χ4v) is 2.27. The highest BCUT2D eigenvalue weighted by Gasteiger charge is 2.11. The molecule has 1 nitrogen and oxygen atoms in total. The average molecular weight is 253 g/mol. The van der Waals surface area contributed by atoms with Crippen molar-refractivity contribution < 1.29 is 9.18 Å². The number of ketones is 1. The first-order chi connectivity index (χ1) is 8.15. The topological polar surface area (TPSA) is 17.1 Å². The number of hydrogen-bond acceptors (Lipinski definition) is 1. The number of carbonyl (C=O) groups is 1. The van der Waals surface area contributed by atoms with E-state index in [9.17, 15) is 9.18 Å². The summed E-state index contributed by atoms with van der Waals surface area (Å²) in [6.45, 7) is 0. The molecule has 0 heterocycles. The van der Waals surface area contributed by atoms with Gasteiger partial charge >= 0.3 is 0 Å². The molecule has 0 fully saturated rings. The molecule has 1 aromatic carbocycles. The zero-order valence-electron chi connectivity index (χ0n) is 9.51. The van der Waals surface area contributed by atoms with Crippen LogP contribution in [-0.2, 0) is 11.2 Å². The van der Waals surface area contributed by atoms with Crippen molar-refractivity contribution in [3.05, 3.63) is 46.3 Å². The molecule has 1 aromatic rings. The van der Waals surface area contributed by atoms with Gasteiger partial charge in [-0.3, -0.25) is 4.79 Å². The van der Waals surface area contributed by atoms with Crippen LogP contribution >= 0.6 is 11.6 Å². The molecule has 0 N–H and O–H groups in total. The molecular weight excluding hydrogens is 239 g/mol. The Hall–Kier alpha value is -1.15. The molecule has 0 amide bonds. The van der Waals surface area contributed by atoms with Gasteiger partial charge in [-0.15, -0.1) is 0 Å². The second kappa shape index (κ2) is 5.46. The summed E-state index contributed by atoms with van der Waals surface area (Å²) in [4.78, 5) is 11.5. The van der Waals surface area contributed by atoms with E-state index in [0.29, 0.717) is 17.9 Å². The largest absolute Gasteiger partial charge is 0.295 e. The molecule has 1 aliphatic carbocycles. The van der Waals surface area contributed by atoms with Crippen LogP contribution in [0.5, 0.6) is 0 Å². The van der Waals surface area contributed by atoms with Crippen molar-refractivity contribution in [3.63, 3.8) is 0 Å². The normalized spacial score (nSPS) is 16.6. The van der Waals surface area contributed by atoms with Gasteiger partial charge in [-0.2, -0.15) is 0 Å². The lowest BCUT2D eigenvalue weighted by Crippen LogP contribution is -1.95. The first-order valence-electron chi connectivity index (χ1n) is 5.81. The molecule has 0 spiro atoms. The quantitative estimate of drug-likeness (QED) is 0.775. The van der Waals surface area contributed by atoms with Crippen LogP contribution in [0.2, 0.25) is 5.02 Å². The Kier molecular flexibility index (Phi) is 3.95. The monoisotopic (exact) mass is 252 g/mol. The molecule has 0 atom stereocenters. The van der Waals surface area contributed by atoms with Crippen LogP contribution in [-0.4, -0.2) is 5.78 Å². The summed E-state index contributed by atoms with van der Waals surface area (Å²) in [7, 11) is 0. The summed E-state index contributed by atoms with van der Waals surface area (Å²) in [6, 6.07) is 4.35. The zero-order chi connectivity index (χ0) is 12.3. The summed E-state index contributed by atoms with van der Waals surface area (Å²) < 4.78 is 13.1. The highest BCUT2D eigenvalue weighted by atomic mass is 35.5. The van der Waals surface area contributed by atoms with E-state index in [1.165, 1.54) is 12.1 Å². The fourth-order valence-electron chi connectivity index (χ4n) is 2.09. The lowest BCUT2D eigenvalue weighted by Gasteiger charge is -2.07. The van der Waals surface area contributed by atoms with Crippen molar-refractivity contribution in [1.82, 2.24) is 0 Å². The van der Waals surface area contributed by atoms with Crippen LogP contribution in [0.3, 0.4) is 0 Å². The van der Waals surface area contributed by atoms with E-state index in [1.54, 1.807) is 12.1 Å². The SMILES string of the molecule is O=C1C=C(Cc2cc(F)ccc2Cl)CCCC1. The third-order valence-electron chi connectivity index (χ3n) is 2.96. The van der Waals surface area contributed by atoms with Gasteiger partial charge in [0.1, 0.15) is 5.82 Å². The van der Waals surface area contributed by atoms with E-state index in [2.05, 4.69) is 0 Å². The van der Waals surface area contributed by atoms with Crippen molar-refractivity contribution in [2.24, 2.45) is 0 Å². The Morgan fingerprint density at radius 3 is 2.82 bits per heavy atom. The van der Waals surface area contributed by atoms with Gasteiger partial charge in [0.15, 0.2) is 5.78 Å². The minimum Gasteiger partial charge on any atom is -0.295 e. The highest BCUT2D eigenvalue weighted by Crippen LogP contribution is 2.24. The summed E-state index contributed by atoms with van der Waals surface area (Å²) in [5.74, 6) is -0.116. The van der Waals surface area contributed by atoms with E-state index < -0.39 is 0 Å². The zero-order valence-corrected chi connectivity index (χ0v) is 10.3. The van der Waals surface area contributed by atoms with Crippen molar-refractivity contribution >= 4 is 17.4 Å². The number of hydrogen-bond donors (Lipinski definition) is 0. The van der Waals surface area contributed by atoms with Crippen molar-refractivity contribution in [2.45, 2.75) is 32.1 Å². The first-order valence-corrected chi connectivity index (χ1v) is 6.19.